The molecule has 0 spiro atoms. The minimum absolute atomic E-state index is 0.183. The Hall–Kier alpha value is -3.03. The molecule has 1 rings (SSSR count). The van der Waals surface area contributed by atoms with Crippen LogP contribution >= 0.6 is 0 Å². The maximum atomic E-state index is 12.7. The summed E-state index contributed by atoms with van der Waals surface area (Å²) in [5, 5.41) is 3.05. The van der Waals surface area contributed by atoms with Crippen LogP contribution in [0.25, 0.3) is 0 Å². The van der Waals surface area contributed by atoms with E-state index in [0.717, 1.165) is 12.1 Å². The number of halogens is 3. The molecule has 0 bridgehead atoms. The Kier molecular flexibility index (Phi) is 13.4. The average molecular weight is 440 g/mol. The van der Waals surface area contributed by atoms with Crippen molar-refractivity contribution in [2.24, 2.45) is 4.99 Å². The largest absolute Gasteiger partial charge is 0.474 e. The van der Waals surface area contributed by atoms with E-state index in [1.54, 1.807) is 26.2 Å². The number of benzene rings is 1. The Balaban J connectivity index is 0.00000436. The second kappa shape index (κ2) is 14.9. The summed E-state index contributed by atoms with van der Waals surface area (Å²) in [7, 11) is 1.62. The molecule has 0 aliphatic rings. The predicted octanol–water partition coefficient (Wildman–Crippen LogP) is 6.03. The van der Waals surface area contributed by atoms with Crippen LogP contribution in [0.15, 0.2) is 66.0 Å². The van der Waals surface area contributed by atoms with Crippen molar-refractivity contribution in [1.82, 2.24) is 4.90 Å². The number of aliphatic imine (C=N–C) groups is 1. The minimum atomic E-state index is -4.39. The molecule has 0 fully saturated rings. The standard InChI is InChI=1S/C21H26F3N3O2.C2H6/c1-5-8-18(26-17-11-9-16(10-12-17)21(22,23)24)20(25-13-6-2)29-15-14-27(4)19(28)7-3;1-2/h6-13,26H,3,5,14-15H2,1-2,4H3;1-2H3/b13-6-,18-8-,25-20-;. The van der Waals surface area contributed by atoms with Crippen LogP contribution in [0.5, 0.6) is 0 Å². The number of hydrogen-bond donors (Lipinski definition) is 1. The van der Waals surface area contributed by atoms with Gasteiger partial charge in [0.1, 0.15) is 6.61 Å². The third-order valence-corrected chi connectivity index (χ3v) is 3.69. The van der Waals surface area contributed by atoms with Crippen molar-refractivity contribution >= 4 is 17.5 Å². The van der Waals surface area contributed by atoms with Crippen molar-refractivity contribution in [1.29, 1.82) is 0 Å². The molecule has 0 unspecified atom stereocenters. The minimum Gasteiger partial charge on any atom is -0.474 e. The fraction of sp³-hybridized carbons (Fsp3) is 0.391. The highest BCUT2D eigenvalue weighted by Gasteiger charge is 2.30. The first-order valence-corrected chi connectivity index (χ1v) is 10.1. The number of amides is 1. The van der Waals surface area contributed by atoms with Crippen LogP contribution in [0.1, 0.15) is 39.7 Å². The summed E-state index contributed by atoms with van der Waals surface area (Å²) < 4.78 is 44.0. The molecule has 0 saturated heterocycles. The Labute approximate surface area is 183 Å². The van der Waals surface area contributed by atoms with Crippen LogP contribution in [0, 0.1) is 0 Å². The van der Waals surface area contributed by atoms with Crippen molar-refractivity contribution < 1.29 is 22.7 Å². The van der Waals surface area contributed by atoms with Crippen LogP contribution in [-0.2, 0) is 15.7 Å². The van der Waals surface area contributed by atoms with Crippen LogP contribution in [0.3, 0.4) is 0 Å². The van der Waals surface area contributed by atoms with E-state index in [4.69, 9.17) is 4.74 Å². The molecule has 1 aromatic rings. The SMILES string of the molecule is C=CC(=O)N(C)CCOC(=N\C=C/C)/C(=C/CC)Nc1ccc(C(F)(F)F)cc1.CC. The number of rotatable bonds is 9. The maximum Gasteiger partial charge on any atom is 0.416 e. The average Bonchev–Trinajstić information content (AvgIpc) is 2.76. The summed E-state index contributed by atoms with van der Waals surface area (Å²) in [5.74, 6) is 0.0389. The number of nitrogens with one attached hydrogen (secondary N) is 1. The molecule has 1 aromatic carbocycles. The Morgan fingerprint density at radius 3 is 2.35 bits per heavy atom. The third kappa shape index (κ3) is 10.5. The zero-order valence-electron chi connectivity index (χ0n) is 18.8. The Morgan fingerprint density at radius 1 is 1.26 bits per heavy atom. The summed E-state index contributed by atoms with van der Waals surface area (Å²) in [6.45, 7) is 11.6. The molecule has 8 heteroatoms. The summed E-state index contributed by atoms with van der Waals surface area (Å²) in [6.07, 6.45) is 2.56. The van der Waals surface area contributed by atoms with Gasteiger partial charge in [0.2, 0.25) is 11.8 Å². The van der Waals surface area contributed by atoms with Gasteiger partial charge in [0.25, 0.3) is 0 Å². The van der Waals surface area contributed by atoms with Crippen molar-refractivity contribution in [3.8, 4) is 0 Å². The molecule has 0 atom stereocenters. The zero-order chi connectivity index (χ0) is 23.9. The Morgan fingerprint density at radius 2 is 1.87 bits per heavy atom. The van der Waals surface area contributed by atoms with Gasteiger partial charge in [-0.25, -0.2) is 4.99 Å². The molecule has 0 saturated carbocycles. The number of carbonyl (C=O) groups excluding carboxylic acids is 1. The zero-order valence-corrected chi connectivity index (χ0v) is 18.8. The van der Waals surface area contributed by atoms with Crippen LogP contribution < -0.4 is 5.32 Å². The normalized spacial score (nSPS) is 12.1. The van der Waals surface area contributed by atoms with E-state index in [-0.39, 0.29) is 18.4 Å². The van der Waals surface area contributed by atoms with Crippen molar-refractivity contribution in [2.45, 2.75) is 40.3 Å². The van der Waals surface area contributed by atoms with Gasteiger partial charge in [0.15, 0.2) is 0 Å². The van der Waals surface area contributed by atoms with E-state index in [0.29, 0.717) is 24.4 Å². The van der Waals surface area contributed by atoms with E-state index in [1.165, 1.54) is 23.1 Å². The number of carbonyl (C=O) groups is 1. The van der Waals surface area contributed by atoms with Gasteiger partial charge >= 0.3 is 6.18 Å². The summed E-state index contributed by atoms with van der Waals surface area (Å²) in [6, 6.07) is 4.70. The highest BCUT2D eigenvalue weighted by atomic mass is 19.4. The predicted molar refractivity (Wildman–Crippen MR) is 121 cm³/mol. The lowest BCUT2D eigenvalue weighted by Crippen LogP contribution is -2.29. The number of ether oxygens (including phenoxy) is 1. The highest BCUT2D eigenvalue weighted by Crippen LogP contribution is 2.30. The maximum absolute atomic E-state index is 12.7. The molecule has 0 aromatic heterocycles. The third-order valence-electron chi connectivity index (χ3n) is 3.69. The van der Waals surface area contributed by atoms with Gasteiger partial charge in [-0.05, 0) is 43.7 Å². The molecule has 172 valence electrons. The fourth-order valence-corrected chi connectivity index (χ4v) is 2.17. The van der Waals surface area contributed by atoms with E-state index >= 15 is 0 Å². The monoisotopic (exact) mass is 439 g/mol. The second-order valence-electron chi connectivity index (χ2n) is 5.96. The quantitative estimate of drug-likeness (QED) is 0.290. The summed E-state index contributed by atoms with van der Waals surface area (Å²) in [4.78, 5) is 17.2. The lowest BCUT2D eigenvalue weighted by Gasteiger charge is -2.18. The molecule has 31 heavy (non-hydrogen) atoms. The number of nitrogens with zero attached hydrogens (tertiary/aromatic N) is 2. The second-order valence-corrected chi connectivity index (χ2v) is 5.96. The topological polar surface area (TPSA) is 53.9 Å². The molecular formula is C23H32F3N3O2. The number of allylic oxidation sites excluding steroid dienone is 2. The van der Waals surface area contributed by atoms with E-state index in [2.05, 4.69) is 16.9 Å². The van der Waals surface area contributed by atoms with Gasteiger partial charge in [0.05, 0.1) is 17.8 Å². The van der Waals surface area contributed by atoms with Gasteiger partial charge in [-0.3, -0.25) is 4.79 Å². The van der Waals surface area contributed by atoms with Crippen molar-refractivity contribution in [3.05, 3.63) is 66.5 Å². The molecule has 0 heterocycles. The van der Waals surface area contributed by atoms with Crippen molar-refractivity contribution in [2.75, 3.05) is 25.5 Å². The van der Waals surface area contributed by atoms with Crippen LogP contribution in [-0.4, -0.2) is 36.9 Å². The smallest absolute Gasteiger partial charge is 0.416 e. The molecule has 1 amide bonds. The number of anilines is 1. The van der Waals surface area contributed by atoms with Gasteiger partial charge in [0, 0.05) is 18.9 Å². The van der Waals surface area contributed by atoms with E-state index in [9.17, 15) is 18.0 Å². The number of alkyl halides is 3. The molecule has 0 radical (unpaired) electrons. The first-order chi connectivity index (χ1) is 14.7. The highest BCUT2D eigenvalue weighted by molar-refractivity contribution is 5.96. The molecule has 5 nitrogen and oxygen atoms in total. The Bertz CT molecular complexity index is 767. The van der Waals surface area contributed by atoms with Crippen LogP contribution in [0.4, 0.5) is 18.9 Å². The lowest BCUT2D eigenvalue weighted by atomic mass is 10.2. The van der Waals surface area contributed by atoms with Gasteiger partial charge in [-0.15, -0.1) is 0 Å². The van der Waals surface area contributed by atoms with E-state index < -0.39 is 11.7 Å². The fourth-order valence-electron chi connectivity index (χ4n) is 2.17. The van der Waals surface area contributed by atoms with E-state index in [1.807, 2.05) is 26.8 Å². The summed E-state index contributed by atoms with van der Waals surface area (Å²) >= 11 is 0. The summed E-state index contributed by atoms with van der Waals surface area (Å²) in [5.41, 5.74) is 0.259. The first kappa shape index (κ1) is 28.0. The number of likely N-dealkylation sites (N-methyl/N-ethyl adjacent to an activating group) is 1. The lowest BCUT2D eigenvalue weighted by molar-refractivity contribution is -0.137. The van der Waals surface area contributed by atoms with Gasteiger partial charge in [-0.2, -0.15) is 13.2 Å². The number of hydrogen-bond acceptors (Lipinski definition) is 4. The molecule has 0 aliphatic carbocycles. The molecule has 0 aliphatic heterocycles. The van der Waals surface area contributed by atoms with Crippen molar-refractivity contribution in [3.63, 3.8) is 0 Å². The first-order valence-electron chi connectivity index (χ1n) is 10.1. The van der Waals surface area contributed by atoms with Gasteiger partial charge in [-0.1, -0.05) is 39.5 Å². The van der Waals surface area contributed by atoms with Gasteiger partial charge < -0.3 is 15.0 Å². The molecular weight excluding hydrogens is 407 g/mol. The molecule has 1 N–H and O–H groups in total. The van der Waals surface area contributed by atoms with Crippen LogP contribution in [0.2, 0.25) is 0 Å².